The maximum Gasteiger partial charge on any atom is 0.424 e. The summed E-state index contributed by atoms with van der Waals surface area (Å²) in [7, 11) is 1.35. The molecule has 0 bridgehead atoms. The average molecular weight is 634 g/mol. The summed E-state index contributed by atoms with van der Waals surface area (Å²) in [6.45, 7) is 0.240. The second kappa shape index (κ2) is 12.1. The standard InChI is InChI=1S/C30H31F4N5O6/c1-3-45-26-16(13-23(35)40)12-22(37-24(26)15-4-6-18(31)7-5-15)29(43,30(32,33)34)14-36-27(41)17-10-20-25(21(11-17)44-2)38-39(28(20)42)19-8-9-19/h4-7,10-12,19-20,25,38,43H,3,8-9,13-14H2,1-2H3,(H2,35,40)(H,36,41)/t20?,25?,29-/m0/s1. The second-order valence-electron chi connectivity index (χ2n) is 10.9. The van der Waals surface area contributed by atoms with E-state index in [0.29, 0.717) is 0 Å². The molecule has 5 N–H and O–H groups in total. The number of primary amides is 1. The number of halogens is 4. The van der Waals surface area contributed by atoms with Crippen molar-refractivity contribution >= 4 is 17.7 Å². The molecule has 2 unspecified atom stereocenters. The van der Waals surface area contributed by atoms with Crippen molar-refractivity contribution in [1.82, 2.24) is 20.7 Å². The minimum atomic E-state index is -5.39. The molecule has 2 aromatic rings. The number of carbonyl (C=O) groups excluding carboxylic acids is 3. The van der Waals surface area contributed by atoms with Gasteiger partial charge in [0.05, 0.1) is 44.3 Å². The maximum atomic E-state index is 14.7. The zero-order valence-electron chi connectivity index (χ0n) is 24.3. The highest BCUT2D eigenvalue weighted by molar-refractivity contribution is 5.98. The van der Waals surface area contributed by atoms with Gasteiger partial charge in [-0.15, -0.1) is 0 Å². The average Bonchev–Trinajstić information content (AvgIpc) is 3.78. The van der Waals surface area contributed by atoms with Crippen molar-refractivity contribution in [3.8, 4) is 17.0 Å². The number of nitrogens with two attached hydrogens (primary N) is 1. The number of benzene rings is 1. The van der Waals surface area contributed by atoms with Crippen LogP contribution >= 0.6 is 0 Å². The molecular formula is C30H31F4N5O6. The summed E-state index contributed by atoms with van der Waals surface area (Å²) in [6.07, 6.45) is -1.66. The van der Waals surface area contributed by atoms with Crippen LogP contribution in [0.1, 0.15) is 31.0 Å². The van der Waals surface area contributed by atoms with E-state index in [0.717, 1.165) is 31.0 Å². The Morgan fingerprint density at radius 2 is 1.91 bits per heavy atom. The van der Waals surface area contributed by atoms with E-state index in [4.69, 9.17) is 15.2 Å². The number of aliphatic hydroxyl groups is 1. The molecule has 45 heavy (non-hydrogen) atoms. The number of methoxy groups -OCH3 is 1. The number of ether oxygens (including phenoxy) is 2. The molecule has 1 saturated heterocycles. The van der Waals surface area contributed by atoms with Gasteiger partial charge in [-0.1, -0.05) is 6.08 Å². The number of rotatable bonds is 11. The lowest BCUT2D eigenvalue weighted by Crippen LogP contribution is -2.52. The van der Waals surface area contributed by atoms with Gasteiger partial charge < -0.3 is 25.6 Å². The summed E-state index contributed by atoms with van der Waals surface area (Å²) < 4.78 is 68.7. The molecule has 0 radical (unpaired) electrons. The third-order valence-electron chi connectivity index (χ3n) is 7.75. The van der Waals surface area contributed by atoms with Crippen molar-refractivity contribution in [2.75, 3.05) is 20.3 Å². The fourth-order valence-electron chi connectivity index (χ4n) is 5.31. The first-order valence-electron chi connectivity index (χ1n) is 14.1. The maximum absolute atomic E-state index is 14.7. The molecule has 1 aromatic heterocycles. The fraction of sp³-hybridized carbons (Fsp3) is 0.400. The first-order valence-corrected chi connectivity index (χ1v) is 14.1. The number of carbonyl (C=O) groups is 3. The van der Waals surface area contributed by atoms with E-state index in [1.54, 1.807) is 6.92 Å². The number of fused-ring (bicyclic) bond motifs is 1. The van der Waals surface area contributed by atoms with Crippen LogP contribution in [0.2, 0.25) is 0 Å². The number of hydrazine groups is 1. The van der Waals surface area contributed by atoms with Gasteiger partial charge in [-0.05, 0) is 56.2 Å². The summed E-state index contributed by atoms with van der Waals surface area (Å²) in [4.78, 5) is 42.2. The Morgan fingerprint density at radius 1 is 1.22 bits per heavy atom. The van der Waals surface area contributed by atoms with Crippen LogP contribution < -0.4 is 21.2 Å². The zero-order valence-corrected chi connectivity index (χ0v) is 24.3. The number of hydrogen-bond donors (Lipinski definition) is 4. The van der Waals surface area contributed by atoms with Gasteiger partial charge in [-0.3, -0.25) is 19.4 Å². The second-order valence-corrected chi connectivity index (χ2v) is 10.9. The molecule has 1 aliphatic heterocycles. The normalized spacial score (nSPS) is 21.0. The van der Waals surface area contributed by atoms with Gasteiger partial charge in [-0.2, -0.15) is 13.2 Å². The van der Waals surface area contributed by atoms with E-state index >= 15 is 0 Å². The number of aromatic nitrogens is 1. The summed E-state index contributed by atoms with van der Waals surface area (Å²) >= 11 is 0. The molecule has 1 aromatic carbocycles. The highest BCUT2D eigenvalue weighted by Gasteiger charge is 2.57. The molecule has 240 valence electrons. The van der Waals surface area contributed by atoms with Crippen LogP contribution in [-0.2, 0) is 31.1 Å². The SMILES string of the molecule is CCOc1c(CC(N)=O)cc([C@@](O)(CNC(=O)C2=CC3C(=O)N(C4CC4)NC3C(OC)=C2)C(F)(F)F)nc1-c1ccc(F)cc1. The number of nitrogens with one attached hydrogen (secondary N) is 2. The van der Waals surface area contributed by atoms with Crippen LogP contribution in [0.5, 0.6) is 5.75 Å². The van der Waals surface area contributed by atoms with E-state index in [1.807, 2.05) is 0 Å². The number of amides is 3. The summed E-state index contributed by atoms with van der Waals surface area (Å²) in [5.41, 5.74) is 3.39. The molecule has 2 aliphatic carbocycles. The predicted octanol–water partition coefficient (Wildman–Crippen LogP) is 2.14. The quantitative estimate of drug-likeness (QED) is 0.275. The molecule has 3 aliphatic rings. The number of pyridine rings is 1. The van der Waals surface area contributed by atoms with Gasteiger partial charge in [0.25, 0.3) is 5.91 Å². The lowest BCUT2D eigenvalue weighted by molar-refractivity contribution is -0.265. The molecule has 3 atom stereocenters. The minimum absolute atomic E-state index is 0.0227. The third kappa shape index (κ3) is 6.22. The van der Waals surface area contributed by atoms with Gasteiger partial charge in [0.1, 0.15) is 23.0 Å². The van der Waals surface area contributed by atoms with Crippen molar-refractivity contribution in [1.29, 1.82) is 0 Å². The Hall–Kier alpha value is -4.50. The monoisotopic (exact) mass is 633 g/mol. The van der Waals surface area contributed by atoms with Crippen LogP contribution in [0.4, 0.5) is 17.6 Å². The molecule has 11 nitrogen and oxygen atoms in total. The van der Waals surface area contributed by atoms with E-state index in [2.05, 4.69) is 15.7 Å². The molecule has 1 saturated carbocycles. The lowest BCUT2D eigenvalue weighted by Gasteiger charge is -2.31. The Labute approximate surface area is 255 Å². The van der Waals surface area contributed by atoms with Gasteiger partial charge in [0.2, 0.25) is 17.4 Å². The van der Waals surface area contributed by atoms with Gasteiger partial charge >= 0.3 is 6.18 Å². The summed E-state index contributed by atoms with van der Waals surface area (Å²) in [6, 6.07) is 4.90. The molecule has 15 heteroatoms. The molecule has 0 spiro atoms. The van der Waals surface area contributed by atoms with Crippen molar-refractivity contribution in [3.63, 3.8) is 0 Å². The predicted molar refractivity (Wildman–Crippen MR) is 150 cm³/mol. The van der Waals surface area contributed by atoms with E-state index in [-0.39, 0.29) is 52.5 Å². The lowest BCUT2D eigenvalue weighted by atomic mass is 9.90. The highest BCUT2D eigenvalue weighted by atomic mass is 19.4. The Bertz CT molecular complexity index is 1570. The van der Waals surface area contributed by atoms with E-state index in [1.165, 1.54) is 36.4 Å². The van der Waals surface area contributed by atoms with Crippen LogP contribution in [0, 0.1) is 11.7 Å². The third-order valence-corrected chi connectivity index (χ3v) is 7.75. The van der Waals surface area contributed by atoms with E-state index in [9.17, 15) is 37.1 Å². The molecule has 3 amide bonds. The zero-order chi connectivity index (χ0) is 32.7. The first kappa shape index (κ1) is 31.9. The van der Waals surface area contributed by atoms with E-state index < -0.39 is 60.0 Å². The Kier molecular flexibility index (Phi) is 8.60. The van der Waals surface area contributed by atoms with Crippen molar-refractivity contribution < 1.29 is 46.5 Å². The summed E-state index contributed by atoms with van der Waals surface area (Å²) in [5, 5.41) is 14.8. The van der Waals surface area contributed by atoms with Gasteiger partial charge in [-0.25, -0.2) is 14.8 Å². The first-order chi connectivity index (χ1) is 21.3. The van der Waals surface area contributed by atoms with Gasteiger partial charge in [0, 0.05) is 22.7 Å². The molecule has 2 heterocycles. The van der Waals surface area contributed by atoms with Crippen LogP contribution in [-0.4, -0.2) is 71.3 Å². The van der Waals surface area contributed by atoms with Crippen molar-refractivity contribution in [2.24, 2.45) is 11.7 Å². The fourth-order valence-corrected chi connectivity index (χ4v) is 5.31. The molecule has 2 fully saturated rings. The van der Waals surface area contributed by atoms with Crippen LogP contribution in [0.25, 0.3) is 11.3 Å². The topological polar surface area (TPSA) is 156 Å². The number of hydrogen-bond acceptors (Lipinski definition) is 8. The van der Waals surface area contributed by atoms with Crippen LogP contribution in [0.15, 0.2) is 53.8 Å². The van der Waals surface area contributed by atoms with Gasteiger partial charge in [0.15, 0.2) is 0 Å². The highest BCUT2D eigenvalue weighted by Crippen LogP contribution is 2.42. The number of nitrogens with zero attached hydrogens (tertiary/aromatic N) is 2. The Balaban J connectivity index is 1.50. The number of alkyl halides is 3. The van der Waals surface area contributed by atoms with Crippen LogP contribution in [0.3, 0.4) is 0 Å². The molecule has 5 rings (SSSR count). The van der Waals surface area contributed by atoms with Crippen molar-refractivity contribution in [3.05, 3.63) is 70.9 Å². The summed E-state index contributed by atoms with van der Waals surface area (Å²) in [5.74, 6) is -3.49. The molecular weight excluding hydrogens is 602 g/mol. The Morgan fingerprint density at radius 3 is 2.49 bits per heavy atom. The smallest absolute Gasteiger partial charge is 0.424 e. The van der Waals surface area contributed by atoms with Crippen molar-refractivity contribution in [2.45, 2.75) is 50.0 Å². The largest absolute Gasteiger partial charge is 0.499 e. The minimum Gasteiger partial charge on any atom is -0.499 e.